The van der Waals surface area contributed by atoms with Gasteiger partial charge in [-0.05, 0) is 49.3 Å². The average Bonchev–Trinajstić information content (AvgIpc) is 2.75. The zero-order valence-electron chi connectivity index (χ0n) is 16.3. The minimum atomic E-state index is -0.855. The van der Waals surface area contributed by atoms with E-state index in [4.69, 9.17) is 4.74 Å². The number of hydrogen-bond donors (Lipinski definition) is 0. The minimum absolute atomic E-state index is 0.203. The van der Waals surface area contributed by atoms with Gasteiger partial charge in [0.2, 0.25) is 0 Å². The van der Waals surface area contributed by atoms with Crippen LogP contribution >= 0.6 is 7.92 Å². The van der Waals surface area contributed by atoms with E-state index in [1.807, 2.05) is 80.6 Å². The van der Waals surface area contributed by atoms with Crippen LogP contribution in [0.4, 0.5) is 0 Å². The summed E-state index contributed by atoms with van der Waals surface area (Å²) in [5.41, 5.74) is 0.643. The Balaban J connectivity index is 2.06. The van der Waals surface area contributed by atoms with E-state index in [1.165, 1.54) is 10.6 Å². The Morgan fingerprint density at radius 3 is 1.96 bits per heavy atom. The van der Waals surface area contributed by atoms with Crippen molar-refractivity contribution in [3.8, 4) is 0 Å². The molecule has 0 saturated heterocycles. The number of hydrogen-bond acceptors (Lipinski definition) is 2. The maximum atomic E-state index is 13.0. The summed E-state index contributed by atoms with van der Waals surface area (Å²) in [6, 6.07) is 28.6. The Labute approximate surface area is 168 Å². The van der Waals surface area contributed by atoms with Gasteiger partial charge in [-0.3, -0.25) is 0 Å². The standard InChI is InChI=1S/C25H25O2P/c1-3-13-20(4-2)27-25(26)23-18-11-12-19-24(23)28(21-14-7-5-8-15-21)22-16-9-6-10-17-22/h3,5-20H,4H2,1-2H3. The summed E-state index contributed by atoms with van der Waals surface area (Å²) in [6.45, 7) is 3.96. The molecular weight excluding hydrogens is 363 g/mol. The molecular formula is C25H25O2P. The third-order valence-electron chi connectivity index (χ3n) is 4.46. The van der Waals surface area contributed by atoms with Crippen molar-refractivity contribution in [2.45, 2.75) is 26.4 Å². The molecule has 1 atom stereocenters. The summed E-state index contributed by atoms with van der Waals surface area (Å²) in [4.78, 5) is 13.0. The van der Waals surface area contributed by atoms with E-state index in [9.17, 15) is 4.79 Å². The molecule has 0 fully saturated rings. The van der Waals surface area contributed by atoms with E-state index in [2.05, 4.69) is 30.3 Å². The first-order valence-electron chi connectivity index (χ1n) is 9.57. The van der Waals surface area contributed by atoms with E-state index < -0.39 is 7.92 Å². The number of esters is 1. The highest BCUT2D eigenvalue weighted by Crippen LogP contribution is 2.34. The van der Waals surface area contributed by atoms with E-state index in [0.717, 1.165) is 11.7 Å². The number of ether oxygens (including phenoxy) is 1. The van der Waals surface area contributed by atoms with Crippen molar-refractivity contribution in [1.82, 2.24) is 0 Å². The third-order valence-corrected chi connectivity index (χ3v) is 6.96. The van der Waals surface area contributed by atoms with Crippen molar-refractivity contribution in [3.63, 3.8) is 0 Å². The summed E-state index contributed by atoms with van der Waals surface area (Å²) in [5.74, 6) is -0.264. The summed E-state index contributed by atoms with van der Waals surface area (Å²) < 4.78 is 5.77. The fourth-order valence-corrected chi connectivity index (χ4v) is 5.53. The molecule has 3 heteroatoms. The second kappa shape index (κ2) is 10.0. The van der Waals surface area contributed by atoms with Gasteiger partial charge in [0.1, 0.15) is 6.10 Å². The lowest BCUT2D eigenvalue weighted by molar-refractivity contribution is 0.0390. The van der Waals surface area contributed by atoms with E-state index >= 15 is 0 Å². The van der Waals surface area contributed by atoms with E-state index in [0.29, 0.717) is 5.56 Å². The first-order valence-corrected chi connectivity index (χ1v) is 10.9. The van der Waals surface area contributed by atoms with Crippen LogP contribution in [0.15, 0.2) is 97.1 Å². The third kappa shape index (κ3) is 4.77. The van der Waals surface area contributed by atoms with Crippen molar-refractivity contribution in [2.75, 3.05) is 0 Å². The van der Waals surface area contributed by atoms with Gasteiger partial charge in [-0.1, -0.05) is 91.9 Å². The van der Waals surface area contributed by atoms with Crippen molar-refractivity contribution < 1.29 is 9.53 Å². The second-order valence-corrected chi connectivity index (χ2v) is 8.59. The Morgan fingerprint density at radius 1 is 0.893 bits per heavy atom. The van der Waals surface area contributed by atoms with Gasteiger partial charge in [0.05, 0.1) is 5.56 Å². The van der Waals surface area contributed by atoms with E-state index in [1.54, 1.807) is 0 Å². The molecule has 0 heterocycles. The first-order chi connectivity index (χ1) is 13.7. The summed E-state index contributed by atoms with van der Waals surface area (Å²) in [6.07, 6.45) is 4.40. The van der Waals surface area contributed by atoms with Gasteiger partial charge in [-0.15, -0.1) is 0 Å². The lowest BCUT2D eigenvalue weighted by Gasteiger charge is -2.22. The Kier molecular flexibility index (Phi) is 7.17. The van der Waals surface area contributed by atoms with Crippen LogP contribution in [0.5, 0.6) is 0 Å². The first kappa shape index (κ1) is 20.0. The normalized spacial score (nSPS) is 12.2. The minimum Gasteiger partial charge on any atom is -0.455 e. The maximum absolute atomic E-state index is 13.0. The molecule has 3 aromatic rings. The lowest BCUT2D eigenvalue weighted by atomic mass is 10.2. The van der Waals surface area contributed by atoms with Crippen LogP contribution in [0, 0.1) is 0 Å². The van der Waals surface area contributed by atoms with Gasteiger partial charge in [0.25, 0.3) is 0 Å². The topological polar surface area (TPSA) is 26.3 Å². The van der Waals surface area contributed by atoms with Gasteiger partial charge in [0, 0.05) is 0 Å². The number of rotatable bonds is 7. The summed E-state index contributed by atoms with van der Waals surface area (Å²) in [5, 5.41) is 3.45. The molecule has 0 aliphatic heterocycles. The number of carbonyl (C=O) groups excluding carboxylic acids is 1. The fourth-order valence-electron chi connectivity index (χ4n) is 3.10. The molecule has 0 N–H and O–H groups in total. The largest absolute Gasteiger partial charge is 0.455 e. The molecule has 0 amide bonds. The predicted octanol–water partition coefficient (Wildman–Crippen LogP) is 4.96. The molecule has 0 radical (unpaired) electrons. The zero-order chi connectivity index (χ0) is 19.8. The van der Waals surface area contributed by atoms with Crippen LogP contribution in [0.25, 0.3) is 0 Å². The van der Waals surface area contributed by atoms with Crippen LogP contribution in [-0.2, 0) is 4.74 Å². The summed E-state index contributed by atoms with van der Waals surface area (Å²) >= 11 is 0. The Hall–Kier alpha value is -2.70. The molecule has 0 bridgehead atoms. The number of carbonyl (C=O) groups is 1. The average molecular weight is 388 g/mol. The van der Waals surface area contributed by atoms with Crippen LogP contribution < -0.4 is 15.9 Å². The molecule has 0 aliphatic carbocycles. The molecule has 142 valence electrons. The van der Waals surface area contributed by atoms with Gasteiger partial charge in [0.15, 0.2) is 0 Å². The van der Waals surface area contributed by atoms with Crippen molar-refractivity contribution in [3.05, 3.63) is 103 Å². The Morgan fingerprint density at radius 2 is 1.43 bits per heavy atom. The second-order valence-electron chi connectivity index (χ2n) is 6.40. The maximum Gasteiger partial charge on any atom is 0.339 e. The molecule has 0 spiro atoms. The smallest absolute Gasteiger partial charge is 0.339 e. The van der Waals surface area contributed by atoms with Crippen molar-refractivity contribution in [1.29, 1.82) is 0 Å². The Bertz CT molecular complexity index is 880. The van der Waals surface area contributed by atoms with Crippen LogP contribution in [0.1, 0.15) is 30.6 Å². The van der Waals surface area contributed by atoms with Gasteiger partial charge < -0.3 is 4.74 Å². The molecule has 1 unspecified atom stereocenters. The van der Waals surface area contributed by atoms with Gasteiger partial charge >= 0.3 is 5.97 Å². The molecule has 28 heavy (non-hydrogen) atoms. The molecule has 0 saturated carbocycles. The van der Waals surface area contributed by atoms with Crippen LogP contribution in [0.3, 0.4) is 0 Å². The monoisotopic (exact) mass is 388 g/mol. The lowest BCUT2D eigenvalue weighted by Crippen LogP contribution is -2.27. The highest BCUT2D eigenvalue weighted by molar-refractivity contribution is 7.80. The number of benzene rings is 3. The summed E-state index contributed by atoms with van der Waals surface area (Å²) in [7, 11) is -0.855. The van der Waals surface area contributed by atoms with Gasteiger partial charge in [-0.25, -0.2) is 4.79 Å². The molecule has 0 aliphatic rings. The van der Waals surface area contributed by atoms with Crippen LogP contribution in [-0.4, -0.2) is 12.1 Å². The molecule has 2 nitrogen and oxygen atoms in total. The highest BCUT2D eigenvalue weighted by atomic mass is 31.1. The zero-order valence-corrected chi connectivity index (χ0v) is 17.2. The SMILES string of the molecule is CC=CC(CC)OC(=O)c1ccccc1P(c1ccccc1)c1ccccc1. The molecule has 3 aromatic carbocycles. The quantitative estimate of drug-likeness (QED) is 0.325. The van der Waals surface area contributed by atoms with Crippen molar-refractivity contribution >= 4 is 29.8 Å². The van der Waals surface area contributed by atoms with Gasteiger partial charge in [-0.2, -0.15) is 0 Å². The highest BCUT2D eigenvalue weighted by Gasteiger charge is 2.23. The fraction of sp³-hybridized carbons (Fsp3) is 0.160. The molecule has 0 aromatic heterocycles. The molecule has 3 rings (SSSR count). The predicted molar refractivity (Wildman–Crippen MR) is 119 cm³/mol. The van der Waals surface area contributed by atoms with E-state index in [-0.39, 0.29) is 12.1 Å². The van der Waals surface area contributed by atoms with Crippen LogP contribution in [0.2, 0.25) is 0 Å². The van der Waals surface area contributed by atoms with Crippen molar-refractivity contribution in [2.24, 2.45) is 0 Å². The number of allylic oxidation sites excluding steroid dienone is 1.